The van der Waals surface area contributed by atoms with Gasteiger partial charge in [0.1, 0.15) is 5.76 Å². The maximum Gasteiger partial charge on any atom is 0.157 e. The Hall–Kier alpha value is -1.94. The van der Waals surface area contributed by atoms with Crippen molar-refractivity contribution < 1.29 is 14.6 Å². The zero-order chi connectivity index (χ0) is 11.8. The summed E-state index contributed by atoms with van der Waals surface area (Å²) in [6.45, 7) is 0.840. The summed E-state index contributed by atoms with van der Waals surface area (Å²) in [6.07, 6.45) is 2.56. The van der Waals surface area contributed by atoms with Crippen LogP contribution in [0.1, 0.15) is 22.9 Å². The van der Waals surface area contributed by atoms with Crippen molar-refractivity contribution in [2.45, 2.75) is 12.5 Å². The number of benzene rings is 1. The molecule has 17 heavy (non-hydrogen) atoms. The van der Waals surface area contributed by atoms with E-state index in [1.165, 1.54) is 6.07 Å². The van der Waals surface area contributed by atoms with E-state index in [4.69, 9.17) is 4.42 Å². The Morgan fingerprint density at radius 1 is 1.18 bits per heavy atom. The van der Waals surface area contributed by atoms with E-state index in [-0.39, 0.29) is 17.5 Å². The van der Waals surface area contributed by atoms with E-state index >= 15 is 0 Å². The predicted molar refractivity (Wildman–Crippen MR) is 62.0 cm³/mol. The Morgan fingerprint density at radius 3 is 2.88 bits per heavy atom. The van der Waals surface area contributed by atoms with Gasteiger partial charge in [-0.3, -0.25) is 0 Å². The summed E-state index contributed by atoms with van der Waals surface area (Å²) in [5.41, 5.74) is 2.02. The van der Waals surface area contributed by atoms with Crippen molar-refractivity contribution in [3.05, 3.63) is 47.4 Å². The molecule has 2 aromatic rings. The Bertz CT molecular complexity index is 547. The monoisotopic (exact) mass is 231 g/mol. The highest BCUT2D eigenvalue weighted by atomic mass is 16.3. The molecule has 3 rings (SSSR count). The Kier molecular flexibility index (Phi) is 2.30. The van der Waals surface area contributed by atoms with Crippen LogP contribution in [-0.2, 0) is 6.42 Å². The van der Waals surface area contributed by atoms with Crippen LogP contribution in [0.15, 0.2) is 34.9 Å². The first-order chi connectivity index (χ1) is 8.25. The molecule has 0 bridgehead atoms. The summed E-state index contributed by atoms with van der Waals surface area (Å²) in [4.78, 5) is 0. The molecule has 0 saturated heterocycles. The average Bonchev–Trinajstić information content (AvgIpc) is 2.80. The molecule has 1 aliphatic heterocycles. The fourth-order valence-electron chi connectivity index (χ4n) is 2.27. The van der Waals surface area contributed by atoms with Gasteiger partial charge in [0.2, 0.25) is 0 Å². The van der Waals surface area contributed by atoms with Gasteiger partial charge < -0.3 is 19.9 Å². The number of furan rings is 1. The third-order valence-corrected chi connectivity index (χ3v) is 3.12. The average molecular weight is 231 g/mol. The summed E-state index contributed by atoms with van der Waals surface area (Å²) >= 11 is 0. The second-order valence-corrected chi connectivity index (χ2v) is 4.18. The van der Waals surface area contributed by atoms with Gasteiger partial charge in [-0.1, -0.05) is 6.07 Å². The molecule has 1 aromatic carbocycles. The number of phenolic OH excluding ortho intramolecular Hbond substituents is 2. The molecule has 1 aliphatic rings. The summed E-state index contributed by atoms with van der Waals surface area (Å²) in [5, 5.41) is 22.2. The van der Waals surface area contributed by atoms with Gasteiger partial charge in [-0.2, -0.15) is 0 Å². The molecule has 0 aliphatic carbocycles. The van der Waals surface area contributed by atoms with Crippen molar-refractivity contribution in [3.8, 4) is 11.5 Å². The molecule has 0 fully saturated rings. The Labute approximate surface area is 98.5 Å². The van der Waals surface area contributed by atoms with Gasteiger partial charge in [-0.15, -0.1) is 0 Å². The first-order valence-electron chi connectivity index (χ1n) is 5.57. The quantitative estimate of drug-likeness (QED) is 0.656. The van der Waals surface area contributed by atoms with Gasteiger partial charge in [0.15, 0.2) is 11.5 Å². The van der Waals surface area contributed by atoms with Gasteiger partial charge in [0, 0.05) is 18.5 Å². The fourth-order valence-corrected chi connectivity index (χ4v) is 2.27. The highest BCUT2D eigenvalue weighted by Crippen LogP contribution is 2.33. The molecule has 1 unspecified atom stereocenters. The number of nitrogens with one attached hydrogen (secondary N) is 1. The Morgan fingerprint density at radius 2 is 2.06 bits per heavy atom. The molecule has 4 heteroatoms. The van der Waals surface area contributed by atoms with Gasteiger partial charge in [-0.05, 0) is 23.8 Å². The molecule has 1 aromatic heterocycles. The normalized spacial score (nSPS) is 18.9. The van der Waals surface area contributed by atoms with Crippen LogP contribution in [0.2, 0.25) is 0 Å². The third-order valence-electron chi connectivity index (χ3n) is 3.12. The van der Waals surface area contributed by atoms with Gasteiger partial charge in [0.05, 0.1) is 12.3 Å². The van der Waals surface area contributed by atoms with Crippen molar-refractivity contribution in [2.75, 3.05) is 6.54 Å². The number of fused-ring (bicyclic) bond motifs is 1. The summed E-state index contributed by atoms with van der Waals surface area (Å²) in [7, 11) is 0. The fraction of sp³-hybridized carbons (Fsp3) is 0.231. The topological polar surface area (TPSA) is 65.6 Å². The van der Waals surface area contributed by atoms with E-state index in [0.717, 1.165) is 29.9 Å². The lowest BCUT2D eigenvalue weighted by atomic mass is 9.95. The molecule has 4 nitrogen and oxygen atoms in total. The van der Waals surface area contributed by atoms with Gasteiger partial charge >= 0.3 is 0 Å². The molecule has 2 heterocycles. The molecule has 1 atom stereocenters. The van der Waals surface area contributed by atoms with Crippen LogP contribution in [-0.4, -0.2) is 16.8 Å². The standard InChI is InChI=1S/C13H13NO3/c15-10-2-1-8(7-11(10)16)13-9-4-6-17-12(9)3-5-14-13/h1-2,4,6-7,13-16H,3,5H2. The van der Waals surface area contributed by atoms with Crippen molar-refractivity contribution in [1.29, 1.82) is 0 Å². The number of aromatic hydroxyl groups is 2. The molecular weight excluding hydrogens is 218 g/mol. The zero-order valence-corrected chi connectivity index (χ0v) is 9.18. The number of hydrogen-bond acceptors (Lipinski definition) is 4. The molecule has 0 amide bonds. The van der Waals surface area contributed by atoms with Crippen LogP contribution < -0.4 is 5.32 Å². The first-order valence-corrected chi connectivity index (χ1v) is 5.57. The van der Waals surface area contributed by atoms with Crippen LogP contribution in [0.3, 0.4) is 0 Å². The zero-order valence-electron chi connectivity index (χ0n) is 9.18. The Balaban J connectivity index is 2.03. The van der Waals surface area contributed by atoms with Gasteiger partial charge in [-0.25, -0.2) is 0 Å². The van der Waals surface area contributed by atoms with E-state index < -0.39 is 0 Å². The van der Waals surface area contributed by atoms with Gasteiger partial charge in [0.25, 0.3) is 0 Å². The maximum absolute atomic E-state index is 9.53. The highest BCUT2D eigenvalue weighted by molar-refractivity contribution is 5.45. The van der Waals surface area contributed by atoms with Crippen LogP contribution >= 0.6 is 0 Å². The maximum atomic E-state index is 9.53. The lowest BCUT2D eigenvalue weighted by molar-refractivity contribution is 0.401. The van der Waals surface area contributed by atoms with Crippen molar-refractivity contribution in [2.24, 2.45) is 0 Å². The molecular formula is C13H13NO3. The largest absolute Gasteiger partial charge is 0.504 e. The van der Waals surface area contributed by atoms with Crippen molar-refractivity contribution in [1.82, 2.24) is 5.32 Å². The molecule has 88 valence electrons. The molecule has 0 spiro atoms. The number of rotatable bonds is 1. The number of phenols is 2. The SMILES string of the molecule is Oc1ccc(C2NCCc3occc32)cc1O. The van der Waals surface area contributed by atoms with Crippen molar-refractivity contribution in [3.63, 3.8) is 0 Å². The van der Waals surface area contributed by atoms with E-state index in [9.17, 15) is 10.2 Å². The second-order valence-electron chi connectivity index (χ2n) is 4.18. The minimum atomic E-state index is -0.100. The van der Waals surface area contributed by atoms with E-state index in [0.29, 0.717) is 0 Å². The van der Waals surface area contributed by atoms with Crippen molar-refractivity contribution >= 4 is 0 Å². The van der Waals surface area contributed by atoms with Crippen LogP contribution in [0.4, 0.5) is 0 Å². The van der Waals surface area contributed by atoms with E-state index in [2.05, 4.69) is 5.32 Å². The summed E-state index contributed by atoms with van der Waals surface area (Å²) < 4.78 is 5.41. The highest BCUT2D eigenvalue weighted by Gasteiger charge is 2.23. The van der Waals surface area contributed by atoms with Crippen LogP contribution in [0, 0.1) is 0 Å². The molecule has 0 radical (unpaired) electrons. The lowest BCUT2D eigenvalue weighted by Gasteiger charge is -2.23. The first kappa shape index (κ1) is 10.2. The predicted octanol–water partition coefficient (Wildman–Crippen LogP) is 1.93. The third kappa shape index (κ3) is 1.66. The second kappa shape index (κ2) is 3.82. The molecule has 0 saturated carbocycles. The smallest absolute Gasteiger partial charge is 0.157 e. The summed E-state index contributed by atoms with van der Waals surface area (Å²) in [6, 6.07) is 6.84. The molecule has 3 N–H and O–H groups in total. The van der Waals surface area contributed by atoms with Crippen LogP contribution in [0.5, 0.6) is 11.5 Å². The summed E-state index contributed by atoms with van der Waals surface area (Å²) in [5.74, 6) is 0.790. The number of hydrogen-bond donors (Lipinski definition) is 3. The minimum absolute atomic E-state index is 0.0176. The van der Waals surface area contributed by atoms with E-state index in [1.54, 1.807) is 18.4 Å². The lowest BCUT2D eigenvalue weighted by Crippen LogP contribution is -2.29. The van der Waals surface area contributed by atoms with Crippen LogP contribution in [0.25, 0.3) is 0 Å². The van der Waals surface area contributed by atoms with E-state index in [1.807, 2.05) is 6.07 Å². The minimum Gasteiger partial charge on any atom is -0.504 e.